The third-order valence-corrected chi connectivity index (χ3v) is 3.61. The highest BCUT2D eigenvalue weighted by Gasteiger charge is 2.27. The Kier molecular flexibility index (Phi) is 3.22. The summed E-state index contributed by atoms with van der Waals surface area (Å²) >= 11 is 0. The van der Waals surface area contributed by atoms with E-state index in [-0.39, 0.29) is 6.61 Å². The van der Waals surface area contributed by atoms with Gasteiger partial charge in [0.15, 0.2) is 0 Å². The lowest BCUT2D eigenvalue weighted by atomic mass is 9.99. The number of methoxy groups -OCH3 is 1. The van der Waals surface area contributed by atoms with Crippen LogP contribution in [0, 0.1) is 0 Å². The maximum absolute atomic E-state index is 9.69. The summed E-state index contributed by atoms with van der Waals surface area (Å²) in [5.74, 6) is 1.41. The van der Waals surface area contributed by atoms with Crippen LogP contribution < -0.4 is 4.74 Å². The molecular weight excluding hydrogens is 238 g/mol. The highest BCUT2D eigenvalue weighted by Crippen LogP contribution is 2.43. The molecule has 1 aromatic carbocycles. The van der Waals surface area contributed by atoms with Crippen LogP contribution in [0.5, 0.6) is 5.75 Å². The van der Waals surface area contributed by atoms with Gasteiger partial charge in [-0.3, -0.25) is 4.98 Å². The van der Waals surface area contributed by atoms with Crippen molar-refractivity contribution in [3.05, 3.63) is 47.7 Å². The maximum atomic E-state index is 9.69. The van der Waals surface area contributed by atoms with Gasteiger partial charge >= 0.3 is 0 Å². The molecule has 0 bridgehead atoms. The lowest BCUT2D eigenvalue weighted by Gasteiger charge is -2.12. The molecule has 1 N–H and O–H groups in total. The number of hydrogen-bond donors (Lipinski definition) is 1. The van der Waals surface area contributed by atoms with Gasteiger partial charge in [-0.25, -0.2) is 0 Å². The van der Waals surface area contributed by atoms with Crippen molar-refractivity contribution < 1.29 is 9.84 Å². The molecule has 1 fully saturated rings. The molecule has 0 aliphatic heterocycles. The van der Waals surface area contributed by atoms with Crippen LogP contribution in [0.3, 0.4) is 0 Å². The summed E-state index contributed by atoms with van der Waals surface area (Å²) in [6, 6.07) is 9.85. The van der Waals surface area contributed by atoms with Gasteiger partial charge in [0.2, 0.25) is 0 Å². The van der Waals surface area contributed by atoms with Gasteiger partial charge in [0, 0.05) is 17.3 Å². The number of nitrogens with zero attached hydrogens (tertiary/aromatic N) is 1. The van der Waals surface area contributed by atoms with Crippen LogP contribution >= 0.6 is 0 Å². The molecule has 1 aromatic heterocycles. The summed E-state index contributed by atoms with van der Waals surface area (Å²) in [4.78, 5) is 4.45. The molecule has 19 heavy (non-hydrogen) atoms. The highest BCUT2D eigenvalue weighted by molar-refractivity contribution is 5.66. The van der Waals surface area contributed by atoms with Crippen molar-refractivity contribution in [3.63, 3.8) is 0 Å². The Bertz CT molecular complexity index is 591. The van der Waals surface area contributed by atoms with Gasteiger partial charge in [-0.05, 0) is 42.5 Å². The number of pyridine rings is 1. The van der Waals surface area contributed by atoms with E-state index in [0.717, 1.165) is 22.6 Å². The topological polar surface area (TPSA) is 42.4 Å². The fraction of sp³-hybridized carbons (Fsp3) is 0.312. The molecule has 1 aliphatic carbocycles. The summed E-state index contributed by atoms with van der Waals surface area (Å²) in [6.45, 7) is 0.0339. The number of benzene rings is 1. The van der Waals surface area contributed by atoms with E-state index in [9.17, 15) is 5.11 Å². The van der Waals surface area contributed by atoms with Crippen molar-refractivity contribution >= 4 is 0 Å². The molecule has 0 amide bonds. The van der Waals surface area contributed by atoms with Crippen LogP contribution in [0.25, 0.3) is 11.3 Å². The van der Waals surface area contributed by atoms with Crippen molar-refractivity contribution in [1.82, 2.24) is 4.98 Å². The van der Waals surface area contributed by atoms with Crippen LogP contribution in [0.15, 0.2) is 36.5 Å². The zero-order valence-electron chi connectivity index (χ0n) is 11.0. The Morgan fingerprint density at radius 2 is 2.16 bits per heavy atom. The number of hydrogen-bond acceptors (Lipinski definition) is 3. The predicted octanol–water partition coefficient (Wildman–Crippen LogP) is 3.13. The second-order valence-corrected chi connectivity index (χ2v) is 4.89. The third kappa shape index (κ3) is 2.34. The molecule has 1 aliphatic rings. The van der Waals surface area contributed by atoms with Crippen LogP contribution in [0.4, 0.5) is 0 Å². The first-order valence-corrected chi connectivity index (χ1v) is 6.56. The number of ether oxygens (including phenoxy) is 1. The third-order valence-electron chi connectivity index (χ3n) is 3.61. The number of aliphatic hydroxyl groups excluding tert-OH is 1. The first-order chi connectivity index (χ1) is 9.33. The summed E-state index contributed by atoms with van der Waals surface area (Å²) in [5.41, 5.74) is 4.06. The van der Waals surface area contributed by atoms with E-state index in [1.807, 2.05) is 36.5 Å². The SMILES string of the molecule is COc1cccc(-c2nccc(C3CC3)c2CO)c1. The lowest BCUT2D eigenvalue weighted by Crippen LogP contribution is -1.99. The quantitative estimate of drug-likeness (QED) is 0.912. The molecule has 0 unspecified atom stereocenters. The Hall–Kier alpha value is -1.87. The smallest absolute Gasteiger partial charge is 0.119 e. The van der Waals surface area contributed by atoms with Gasteiger partial charge < -0.3 is 9.84 Å². The van der Waals surface area contributed by atoms with Gasteiger partial charge in [-0.1, -0.05) is 12.1 Å². The number of rotatable bonds is 4. The molecule has 3 rings (SSSR count). The van der Waals surface area contributed by atoms with Crippen LogP contribution in [-0.2, 0) is 6.61 Å². The second kappa shape index (κ2) is 5.02. The standard InChI is InChI=1S/C16H17NO2/c1-19-13-4-2-3-12(9-13)16-15(10-18)14(7-8-17-16)11-5-6-11/h2-4,7-9,11,18H,5-6,10H2,1H3. The average Bonchev–Trinajstić information content (AvgIpc) is 3.31. The number of aromatic nitrogens is 1. The molecule has 1 saturated carbocycles. The van der Waals surface area contributed by atoms with Crippen LogP contribution in [-0.4, -0.2) is 17.2 Å². The van der Waals surface area contributed by atoms with E-state index >= 15 is 0 Å². The average molecular weight is 255 g/mol. The molecule has 98 valence electrons. The second-order valence-electron chi connectivity index (χ2n) is 4.89. The van der Waals surface area contributed by atoms with Gasteiger partial charge in [0.1, 0.15) is 5.75 Å². The minimum Gasteiger partial charge on any atom is -0.497 e. The van der Waals surface area contributed by atoms with E-state index < -0.39 is 0 Å². The van der Waals surface area contributed by atoms with Gasteiger partial charge in [0.05, 0.1) is 19.4 Å². The van der Waals surface area contributed by atoms with Gasteiger partial charge in [-0.15, -0.1) is 0 Å². The minimum atomic E-state index is 0.0339. The van der Waals surface area contributed by atoms with Crippen LogP contribution in [0.2, 0.25) is 0 Å². The zero-order valence-corrected chi connectivity index (χ0v) is 11.0. The summed E-state index contributed by atoms with van der Waals surface area (Å²) < 4.78 is 5.25. The molecule has 0 atom stereocenters. The van der Waals surface area contributed by atoms with E-state index in [1.54, 1.807) is 7.11 Å². The molecule has 2 aromatic rings. The molecule has 0 saturated heterocycles. The Balaban J connectivity index is 2.10. The van der Waals surface area contributed by atoms with Crippen molar-refractivity contribution in [2.24, 2.45) is 0 Å². The zero-order chi connectivity index (χ0) is 13.2. The fourth-order valence-corrected chi connectivity index (χ4v) is 2.47. The molecule has 0 radical (unpaired) electrons. The molecule has 0 spiro atoms. The largest absolute Gasteiger partial charge is 0.497 e. The predicted molar refractivity (Wildman–Crippen MR) is 74.1 cm³/mol. The van der Waals surface area contributed by atoms with Gasteiger partial charge in [-0.2, -0.15) is 0 Å². The highest BCUT2D eigenvalue weighted by atomic mass is 16.5. The van der Waals surface area contributed by atoms with Crippen LogP contribution in [0.1, 0.15) is 29.9 Å². The number of aliphatic hydroxyl groups is 1. The Morgan fingerprint density at radius 1 is 1.32 bits per heavy atom. The van der Waals surface area contributed by atoms with E-state index in [4.69, 9.17) is 4.74 Å². The van der Waals surface area contributed by atoms with Gasteiger partial charge in [0.25, 0.3) is 0 Å². The first kappa shape index (κ1) is 12.2. The van der Waals surface area contributed by atoms with E-state index in [1.165, 1.54) is 18.4 Å². The molecule has 1 heterocycles. The molecule has 3 nitrogen and oxygen atoms in total. The maximum Gasteiger partial charge on any atom is 0.119 e. The monoisotopic (exact) mass is 255 g/mol. The van der Waals surface area contributed by atoms with Crippen molar-refractivity contribution in [2.45, 2.75) is 25.4 Å². The molecular formula is C16H17NO2. The van der Waals surface area contributed by atoms with E-state index in [0.29, 0.717) is 5.92 Å². The van der Waals surface area contributed by atoms with Crippen molar-refractivity contribution in [1.29, 1.82) is 0 Å². The lowest BCUT2D eigenvalue weighted by molar-refractivity contribution is 0.280. The molecule has 3 heteroatoms. The van der Waals surface area contributed by atoms with Crippen molar-refractivity contribution in [3.8, 4) is 17.0 Å². The first-order valence-electron chi connectivity index (χ1n) is 6.56. The summed E-state index contributed by atoms with van der Waals surface area (Å²) in [6.07, 6.45) is 4.27. The fourth-order valence-electron chi connectivity index (χ4n) is 2.47. The minimum absolute atomic E-state index is 0.0339. The summed E-state index contributed by atoms with van der Waals surface area (Å²) in [7, 11) is 1.65. The van der Waals surface area contributed by atoms with Crippen molar-refractivity contribution in [2.75, 3.05) is 7.11 Å². The van der Waals surface area contributed by atoms with E-state index in [2.05, 4.69) is 4.98 Å². The normalized spacial score (nSPS) is 14.4. The summed E-state index contributed by atoms with van der Waals surface area (Å²) in [5, 5.41) is 9.69. The Morgan fingerprint density at radius 3 is 2.84 bits per heavy atom. The Labute approximate surface area is 112 Å².